The van der Waals surface area contributed by atoms with Gasteiger partial charge >= 0.3 is 0 Å². The monoisotopic (exact) mass is 373 g/mol. The van der Waals surface area contributed by atoms with Crippen LogP contribution in [0.3, 0.4) is 0 Å². The molecule has 122 valence electrons. The van der Waals surface area contributed by atoms with E-state index in [0.29, 0.717) is 6.42 Å². The van der Waals surface area contributed by atoms with Gasteiger partial charge in [-0.3, -0.25) is 4.79 Å². The minimum absolute atomic E-state index is 0.0315. The highest BCUT2D eigenvalue weighted by Gasteiger charge is 2.23. The van der Waals surface area contributed by atoms with Gasteiger partial charge in [-0.05, 0) is 42.0 Å². The van der Waals surface area contributed by atoms with E-state index in [9.17, 15) is 4.79 Å². The van der Waals surface area contributed by atoms with Crippen LogP contribution in [-0.4, -0.2) is 11.9 Å². The van der Waals surface area contributed by atoms with Gasteiger partial charge in [0.1, 0.15) is 0 Å². The molecular formula is C20H24BrNO. The molecule has 0 saturated carbocycles. The van der Waals surface area contributed by atoms with E-state index in [1.54, 1.807) is 0 Å². The maximum atomic E-state index is 12.2. The van der Waals surface area contributed by atoms with E-state index in [0.717, 1.165) is 16.5 Å². The smallest absolute Gasteiger partial charge is 0.224 e. The summed E-state index contributed by atoms with van der Waals surface area (Å²) < 4.78 is 1.00. The molecule has 0 aromatic heterocycles. The first-order chi connectivity index (χ1) is 10.9. The van der Waals surface area contributed by atoms with E-state index >= 15 is 0 Å². The number of nitrogens with one attached hydrogen (secondary N) is 1. The quantitative estimate of drug-likeness (QED) is 0.768. The average molecular weight is 374 g/mol. The van der Waals surface area contributed by atoms with Crippen molar-refractivity contribution in [2.45, 2.75) is 45.1 Å². The predicted octanol–water partition coefficient (Wildman–Crippen LogP) is 4.86. The first kappa shape index (κ1) is 17.7. The van der Waals surface area contributed by atoms with Gasteiger partial charge in [0.2, 0.25) is 5.91 Å². The van der Waals surface area contributed by atoms with E-state index in [1.165, 1.54) is 5.56 Å². The fourth-order valence-corrected chi connectivity index (χ4v) is 3.43. The van der Waals surface area contributed by atoms with E-state index in [2.05, 4.69) is 66.3 Å². The third-order valence-corrected chi connectivity index (χ3v) is 4.53. The number of hydrogen-bond acceptors (Lipinski definition) is 1. The lowest BCUT2D eigenvalue weighted by Crippen LogP contribution is -2.38. The Morgan fingerprint density at radius 2 is 1.83 bits per heavy atom. The molecule has 0 aliphatic rings. The van der Waals surface area contributed by atoms with Gasteiger partial charge < -0.3 is 5.32 Å². The van der Waals surface area contributed by atoms with Crippen LogP contribution >= 0.6 is 15.9 Å². The highest BCUT2D eigenvalue weighted by molar-refractivity contribution is 9.10. The molecule has 0 spiro atoms. The lowest BCUT2D eigenvalue weighted by Gasteiger charge is -2.29. The third kappa shape index (κ3) is 5.51. The van der Waals surface area contributed by atoms with Gasteiger partial charge in [-0.2, -0.15) is 0 Å². The van der Waals surface area contributed by atoms with Crippen LogP contribution in [0.25, 0.3) is 0 Å². The summed E-state index contributed by atoms with van der Waals surface area (Å²) in [5.41, 5.74) is 2.35. The van der Waals surface area contributed by atoms with Crippen LogP contribution in [0.1, 0.15) is 38.3 Å². The van der Waals surface area contributed by atoms with Crippen LogP contribution in [0, 0.1) is 0 Å². The van der Waals surface area contributed by atoms with Gasteiger partial charge in [0.25, 0.3) is 0 Å². The molecule has 1 N–H and O–H groups in total. The van der Waals surface area contributed by atoms with Gasteiger partial charge in [0.05, 0.1) is 6.42 Å². The van der Waals surface area contributed by atoms with E-state index in [-0.39, 0.29) is 17.4 Å². The van der Waals surface area contributed by atoms with Crippen molar-refractivity contribution in [3.63, 3.8) is 0 Å². The Morgan fingerprint density at radius 1 is 1.13 bits per heavy atom. The van der Waals surface area contributed by atoms with Crippen LogP contribution < -0.4 is 5.32 Å². The molecule has 2 nitrogen and oxygen atoms in total. The zero-order chi connectivity index (χ0) is 16.9. The molecular weight excluding hydrogens is 350 g/mol. The average Bonchev–Trinajstić information content (AvgIpc) is 2.47. The summed E-state index contributed by atoms with van der Waals surface area (Å²) in [6.07, 6.45) is 1.32. The molecule has 2 aromatic carbocycles. The maximum absolute atomic E-state index is 12.2. The third-order valence-electron chi connectivity index (χ3n) is 4.03. The summed E-state index contributed by atoms with van der Waals surface area (Å²) >= 11 is 3.44. The minimum atomic E-state index is 0.0315. The second-order valence-corrected chi connectivity index (χ2v) is 7.64. The maximum Gasteiger partial charge on any atom is 0.224 e. The lowest BCUT2D eigenvalue weighted by molar-refractivity contribution is -0.121. The zero-order valence-corrected chi connectivity index (χ0v) is 15.6. The van der Waals surface area contributed by atoms with Crippen molar-refractivity contribution >= 4 is 21.8 Å². The second kappa shape index (κ2) is 7.78. The molecule has 0 saturated heterocycles. The van der Waals surface area contributed by atoms with Crippen molar-refractivity contribution in [3.8, 4) is 0 Å². The zero-order valence-electron chi connectivity index (χ0n) is 14.0. The number of amides is 1. The van der Waals surface area contributed by atoms with Crippen LogP contribution in [0.5, 0.6) is 0 Å². The van der Waals surface area contributed by atoms with Gasteiger partial charge in [-0.1, -0.05) is 72.2 Å². The van der Waals surface area contributed by atoms with E-state index in [1.807, 2.05) is 30.3 Å². The standard InChI is InChI=1S/C20H24BrNO/c1-15(14-20(2,3)17-9-5-4-6-10-17)22-19(23)13-16-8-7-11-18(21)12-16/h4-12,15H,13-14H2,1-3H3,(H,22,23)/t15-/m0/s1. The Bertz CT molecular complexity index is 652. The van der Waals surface area contributed by atoms with Crippen molar-refractivity contribution < 1.29 is 4.79 Å². The number of hydrogen-bond donors (Lipinski definition) is 1. The molecule has 0 fully saturated rings. The molecule has 3 heteroatoms. The molecule has 0 radical (unpaired) electrons. The Balaban J connectivity index is 1.91. The number of rotatable bonds is 6. The molecule has 1 atom stereocenters. The highest BCUT2D eigenvalue weighted by Crippen LogP contribution is 2.28. The van der Waals surface area contributed by atoms with Crippen molar-refractivity contribution in [2.24, 2.45) is 0 Å². The lowest BCUT2D eigenvalue weighted by atomic mass is 9.79. The van der Waals surface area contributed by atoms with Crippen molar-refractivity contribution in [1.82, 2.24) is 5.32 Å². The van der Waals surface area contributed by atoms with Gasteiger partial charge in [-0.25, -0.2) is 0 Å². The summed E-state index contributed by atoms with van der Waals surface area (Å²) in [7, 11) is 0. The predicted molar refractivity (Wildman–Crippen MR) is 99.5 cm³/mol. The molecule has 0 aliphatic carbocycles. The molecule has 23 heavy (non-hydrogen) atoms. The fourth-order valence-electron chi connectivity index (χ4n) is 2.98. The summed E-state index contributed by atoms with van der Waals surface area (Å²) in [6.45, 7) is 6.52. The fraction of sp³-hybridized carbons (Fsp3) is 0.350. The summed E-state index contributed by atoms with van der Waals surface area (Å²) in [5.74, 6) is 0.0689. The van der Waals surface area contributed by atoms with Crippen molar-refractivity contribution in [2.75, 3.05) is 0 Å². The first-order valence-electron chi connectivity index (χ1n) is 7.96. The number of benzene rings is 2. The Hall–Kier alpha value is -1.61. The molecule has 2 aromatic rings. The molecule has 0 heterocycles. The van der Waals surface area contributed by atoms with Gasteiger partial charge in [0, 0.05) is 10.5 Å². The second-order valence-electron chi connectivity index (χ2n) is 6.73. The molecule has 0 bridgehead atoms. The van der Waals surface area contributed by atoms with Crippen LogP contribution in [0.15, 0.2) is 59.1 Å². The summed E-state index contributed by atoms with van der Waals surface area (Å²) in [4.78, 5) is 12.2. The normalized spacial score (nSPS) is 12.7. The van der Waals surface area contributed by atoms with Crippen molar-refractivity contribution in [1.29, 1.82) is 0 Å². The van der Waals surface area contributed by atoms with Crippen molar-refractivity contribution in [3.05, 3.63) is 70.2 Å². The minimum Gasteiger partial charge on any atom is -0.353 e. The largest absolute Gasteiger partial charge is 0.353 e. The van der Waals surface area contributed by atoms with Gasteiger partial charge in [-0.15, -0.1) is 0 Å². The first-order valence-corrected chi connectivity index (χ1v) is 8.75. The molecule has 1 amide bonds. The molecule has 0 unspecified atom stereocenters. The molecule has 0 aliphatic heterocycles. The van der Waals surface area contributed by atoms with E-state index in [4.69, 9.17) is 0 Å². The van der Waals surface area contributed by atoms with E-state index < -0.39 is 0 Å². The molecule has 2 rings (SSSR count). The van der Waals surface area contributed by atoms with Crippen LogP contribution in [0.4, 0.5) is 0 Å². The highest BCUT2D eigenvalue weighted by atomic mass is 79.9. The Labute approximate surface area is 147 Å². The van der Waals surface area contributed by atoms with Crippen LogP contribution in [-0.2, 0) is 16.6 Å². The summed E-state index contributed by atoms with van der Waals surface area (Å²) in [6, 6.07) is 18.5. The number of carbonyl (C=O) groups is 1. The Kier molecular flexibility index (Phi) is 6.00. The van der Waals surface area contributed by atoms with Crippen LogP contribution in [0.2, 0.25) is 0 Å². The van der Waals surface area contributed by atoms with Gasteiger partial charge in [0.15, 0.2) is 0 Å². The number of carbonyl (C=O) groups excluding carboxylic acids is 1. The Morgan fingerprint density at radius 3 is 2.48 bits per heavy atom. The topological polar surface area (TPSA) is 29.1 Å². The number of halogens is 1. The SMILES string of the molecule is C[C@@H](CC(C)(C)c1ccccc1)NC(=O)Cc1cccc(Br)c1. The summed E-state index contributed by atoms with van der Waals surface area (Å²) in [5, 5.41) is 3.12.